The molecule has 0 bridgehead atoms. The first kappa shape index (κ1) is 30.2. The number of carbonyl (C=O) groups is 2. The zero-order chi connectivity index (χ0) is 30.4. The van der Waals surface area contributed by atoms with E-state index in [1.54, 1.807) is 37.5 Å². The lowest BCUT2D eigenvalue weighted by Gasteiger charge is -2.19. The van der Waals surface area contributed by atoms with Gasteiger partial charge >= 0.3 is 0 Å². The van der Waals surface area contributed by atoms with Gasteiger partial charge < -0.3 is 20.5 Å². The molecule has 0 unspecified atom stereocenters. The van der Waals surface area contributed by atoms with Crippen LogP contribution < -0.4 is 21.5 Å². The van der Waals surface area contributed by atoms with Crippen LogP contribution in [0.1, 0.15) is 72.4 Å². The smallest absolute Gasteiger partial charge is 0.293 e. The summed E-state index contributed by atoms with van der Waals surface area (Å²) in [6.45, 7) is 11.0. The Labute approximate surface area is 247 Å². The molecule has 4 aromatic rings. The summed E-state index contributed by atoms with van der Waals surface area (Å²) in [6.07, 6.45) is 3.61. The molecule has 3 N–H and O–H groups in total. The third-order valence-electron chi connectivity index (χ3n) is 7.17. The van der Waals surface area contributed by atoms with Crippen LogP contribution in [0.5, 0.6) is 0 Å². The van der Waals surface area contributed by atoms with E-state index in [9.17, 15) is 14.4 Å². The number of nitrogens with one attached hydrogen (secondary N) is 3. The summed E-state index contributed by atoms with van der Waals surface area (Å²) in [7, 11) is 1.67. The molecule has 0 aliphatic heterocycles. The average Bonchev–Trinajstić information content (AvgIpc) is 2.96. The molecule has 1 aromatic heterocycles. The van der Waals surface area contributed by atoms with E-state index < -0.39 is 0 Å². The average molecular weight is 566 g/mol. The van der Waals surface area contributed by atoms with Crippen LogP contribution in [0.2, 0.25) is 0 Å². The molecule has 3 aromatic carbocycles. The second kappa shape index (κ2) is 12.9. The Hall–Kier alpha value is -4.72. The zero-order valence-corrected chi connectivity index (χ0v) is 25.2. The van der Waals surface area contributed by atoms with Gasteiger partial charge in [0.1, 0.15) is 0 Å². The van der Waals surface area contributed by atoms with E-state index in [0.717, 1.165) is 29.5 Å². The minimum absolute atomic E-state index is 0.00425. The molecule has 1 heterocycles. The normalized spacial score (nSPS) is 11.2. The van der Waals surface area contributed by atoms with Crippen molar-refractivity contribution >= 4 is 29.0 Å². The topological polar surface area (TPSA) is 105 Å². The minimum atomic E-state index is -0.291. The summed E-state index contributed by atoms with van der Waals surface area (Å²) in [5.74, 6) is -0.174. The van der Waals surface area contributed by atoms with Crippen molar-refractivity contribution < 1.29 is 9.59 Å². The Bertz CT molecular complexity index is 1630. The highest BCUT2D eigenvalue weighted by Gasteiger charge is 2.17. The second-order valence-electron chi connectivity index (χ2n) is 11.5. The highest BCUT2D eigenvalue weighted by Crippen LogP contribution is 2.29. The van der Waals surface area contributed by atoms with Gasteiger partial charge in [-0.25, -0.2) is 4.98 Å². The first-order valence-electron chi connectivity index (χ1n) is 14.2. The fourth-order valence-corrected chi connectivity index (χ4v) is 4.50. The number of rotatable bonds is 9. The van der Waals surface area contributed by atoms with E-state index >= 15 is 0 Å². The molecule has 8 heteroatoms. The number of nitrogens with zero attached hydrogens (tertiary/aromatic N) is 2. The van der Waals surface area contributed by atoms with Crippen LogP contribution in [0, 0.1) is 6.92 Å². The van der Waals surface area contributed by atoms with E-state index in [1.807, 2.05) is 49.4 Å². The summed E-state index contributed by atoms with van der Waals surface area (Å²) in [4.78, 5) is 43.0. The standard InChI is InChI=1S/C34H39N5O3/c1-7-8-20-35-31(40)23-14-18-26(19-15-23)36-30-33(42)39(6)21-29(37-30)27-10-9-11-28(22(27)2)38-32(41)24-12-16-25(17-13-24)34(3,4)5/h9-19,21H,7-8,20H2,1-6H3,(H,35,40)(H,36,37)(H,38,41). The van der Waals surface area contributed by atoms with Crippen LogP contribution >= 0.6 is 0 Å². The predicted octanol–water partition coefficient (Wildman–Crippen LogP) is 6.58. The maximum Gasteiger partial charge on any atom is 0.293 e. The number of amides is 2. The van der Waals surface area contributed by atoms with Crippen molar-refractivity contribution in [2.24, 2.45) is 7.05 Å². The molecule has 0 fully saturated rings. The Morgan fingerprint density at radius 3 is 2.19 bits per heavy atom. The molecule has 0 aliphatic carbocycles. The Morgan fingerprint density at radius 2 is 1.55 bits per heavy atom. The van der Waals surface area contributed by atoms with E-state index in [1.165, 1.54) is 4.57 Å². The number of hydrogen-bond donors (Lipinski definition) is 3. The van der Waals surface area contributed by atoms with Gasteiger partial charge in [0.2, 0.25) is 0 Å². The van der Waals surface area contributed by atoms with Crippen LogP contribution in [0.25, 0.3) is 11.3 Å². The summed E-state index contributed by atoms with van der Waals surface area (Å²) >= 11 is 0. The molecular weight excluding hydrogens is 526 g/mol. The molecule has 0 aliphatic rings. The van der Waals surface area contributed by atoms with Crippen LogP contribution in [0.15, 0.2) is 77.7 Å². The summed E-state index contributed by atoms with van der Waals surface area (Å²) in [5, 5.41) is 9.02. The third-order valence-corrected chi connectivity index (χ3v) is 7.17. The van der Waals surface area contributed by atoms with Crippen LogP contribution in [0.4, 0.5) is 17.2 Å². The van der Waals surface area contributed by atoms with Crippen molar-refractivity contribution in [3.63, 3.8) is 0 Å². The summed E-state index contributed by atoms with van der Waals surface area (Å²) in [6, 6.07) is 20.2. The van der Waals surface area contributed by atoms with Gasteiger partial charge in [0.15, 0.2) is 5.82 Å². The van der Waals surface area contributed by atoms with Gasteiger partial charge in [-0.1, -0.05) is 58.4 Å². The lowest BCUT2D eigenvalue weighted by Crippen LogP contribution is -2.24. The quantitative estimate of drug-likeness (QED) is 0.199. The van der Waals surface area contributed by atoms with Crippen molar-refractivity contribution in [2.45, 2.75) is 52.9 Å². The first-order valence-corrected chi connectivity index (χ1v) is 14.2. The SMILES string of the molecule is CCCCNC(=O)c1ccc(Nc2nc(-c3cccc(NC(=O)c4ccc(C(C)(C)C)cc4)c3C)cn(C)c2=O)cc1. The largest absolute Gasteiger partial charge is 0.352 e. The second-order valence-corrected chi connectivity index (χ2v) is 11.5. The Kier molecular flexibility index (Phi) is 9.25. The molecule has 8 nitrogen and oxygen atoms in total. The number of aryl methyl sites for hydroxylation is 1. The number of hydrogen-bond acceptors (Lipinski definition) is 5. The van der Waals surface area contributed by atoms with Gasteiger partial charge in [-0.3, -0.25) is 14.4 Å². The van der Waals surface area contributed by atoms with Crippen molar-refractivity contribution in [3.8, 4) is 11.3 Å². The number of carbonyl (C=O) groups excluding carboxylic acids is 2. The number of unbranched alkanes of at least 4 members (excludes halogenated alkanes) is 1. The van der Waals surface area contributed by atoms with Gasteiger partial charge in [-0.15, -0.1) is 0 Å². The molecule has 0 saturated heterocycles. The van der Waals surface area contributed by atoms with E-state index in [-0.39, 0.29) is 28.6 Å². The van der Waals surface area contributed by atoms with E-state index in [0.29, 0.717) is 34.7 Å². The zero-order valence-electron chi connectivity index (χ0n) is 25.2. The molecule has 42 heavy (non-hydrogen) atoms. The Balaban J connectivity index is 1.55. The number of anilines is 3. The Morgan fingerprint density at radius 1 is 0.905 bits per heavy atom. The van der Waals surface area contributed by atoms with Gasteiger partial charge in [-0.2, -0.15) is 0 Å². The van der Waals surface area contributed by atoms with Crippen molar-refractivity contribution in [1.29, 1.82) is 0 Å². The highest BCUT2D eigenvalue weighted by atomic mass is 16.2. The van der Waals surface area contributed by atoms with Crippen LogP contribution in [0.3, 0.4) is 0 Å². The maximum absolute atomic E-state index is 13.1. The van der Waals surface area contributed by atoms with Gasteiger partial charge in [0, 0.05) is 47.9 Å². The maximum atomic E-state index is 13.1. The number of benzene rings is 3. The monoisotopic (exact) mass is 565 g/mol. The summed E-state index contributed by atoms with van der Waals surface area (Å²) in [5.41, 5.74) is 5.48. The summed E-state index contributed by atoms with van der Waals surface area (Å²) < 4.78 is 1.47. The van der Waals surface area contributed by atoms with Crippen molar-refractivity contribution in [2.75, 3.05) is 17.2 Å². The molecule has 218 valence electrons. The predicted molar refractivity (Wildman–Crippen MR) is 170 cm³/mol. The minimum Gasteiger partial charge on any atom is -0.352 e. The first-order chi connectivity index (χ1) is 20.0. The highest BCUT2D eigenvalue weighted by molar-refractivity contribution is 6.05. The fraction of sp³-hybridized carbons (Fsp3) is 0.294. The van der Waals surface area contributed by atoms with Crippen molar-refractivity contribution in [1.82, 2.24) is 14.9 Å². The molecule has 2 amide bonds. The molecule has 0 radical (unpaired) electrons. The molecule has 0 spiro atoms. The lowest BCUT2D eigenvalue weighted by atomic mass is 9.86. The van der Waals surface area contributed by atoms with Gasteiger partial charge in [0.25, 0.3) is 17.4 Å². The van der Waals surface area contributed by atoms with E-state index in [2.05, 4.69) is 48.6 Å². The third kappa shape index (κ3) is 7.13. The van der Waals surface area contributed by atoms with Crippen LogP contribution in [-0.4, -0.2) is 27.9 Å². The van der Waals surface area contributed by atoms with E-state index in [4.69, 9.17) is 0 Å². The van der Waals surface area contributed by atoms with Gasteiger partial charge in [-0.05, 0) is 72.4 Å². The van der Waals surface area contributed by atoms with Crippen LogP contribution in [-0.2, 0) is 12.5 Å². The fourth-order valence-electron chi connectivity index (χ4n) is 4.50. The lowest BCUT2D eigenvalue weighted by molar-refractivity contribution is 0.0952. The molecule has 4 rings (SSSR count). The molecular formula is C34H39N5O3. The molecule has 0 atom stereocenters. The van der Waals surface area contributed by atoms with Gasteiger partial charge in [0.05, 0.1) is 5.69 Å². The molecule has 0 saturated carbocycles. The number of aromatic nitrogens is 2. The van der Waals surface area contributed by atoms with Crippen molar-refractivity contribution in [3.05, 3.63) is 106 Å².